The van der Waals surface area contributed by atoms with Gasteiger partial charge in [-0.25, -0.2) is 4.98 Å². The number of hydrogen-bond donors (Lipinski definition) is 1. The van der Waals surface area contributed by atoms with Crippen LogP contribution in [0.2, 0.25) is 0 Å². The summed E-state index contributed by atoms with van der Waals surface area (Å²) >= 11 is 3.50. The zero-order chi connectivity index (χ0) is 17.0. The standard InChI is InChI=1S/C18H20BrN3O/c1-4-6-15-12(5-2)17(14(10-20)18(21)22-15)13-9-11(19)7-8-16(13)23-3/h7-9H,4-6H2,1-3H3,(H2,21,22). The highest BCUT2D eigenvalue weighted by Crippen LogP contribution is 2.39. The molecule has 0 radical (unpaired) electrons. The maximum atomic E-state index is 9.61. The van der Waals surface area contributed by atoms with Crippen molar-refractivity contribution in [3.63, 3.8) is 0 Å². The number of pyridine rings is 1. The van der Waals surface area contributed by atoms with Crippen molar-refractivity contribution < 1.29 is 4.74 Å². The Balaban J connectivity index is 2.89. The third kappa shape index (κ3) is 3.32. The molecule has 0 bridgehead atoms. The molecule has 0 aliphatic heterocycles. The summed E-state index contributed by atoms with van der Waals surface area (Å²) in [6, 6.07) is 7.98. The molecule has 2 rings (SSSR count). The van der Waals surface area contributed by atoms with Crippen LogP contribution in [-0.2, 0) is 12.8 Å². The number of nitriles is 1. The molecule has 0 saturated heterocycles. The lowest BCUT2D eigenvalue weighted by Gasteiger charge is -2.18. The third-order valence-electron chi connectivity index (χ3n) is 3.79. The maximum absolute atomic E-state index is 9.61. The lowest BCUT2D eigenvalue weighted by molar-refractivity contribution is 0.416. The van der Waals surface area contributed by atoms with Gasteiger partial charge in [0.05, 0.1) is 7.11 Å². The third-order valence-corrected chi connectivity index (χ3v) is 4.29. The fourth-order valence-electron chi connectivity index (χ4n) is 2.80. The van der Waals surface area contributed by atoms with E-state index in [1.54, 1.807) is 7.11 Å². The second kappa shape index (κ2) is 7.47. The first-order valence-electron chi connectivity index (χ1n) is 7.62. The number of hydrogen-bond acceptors (Lipinski definition) is 4. The highest BCUT2D eigenvalue weighted by Gasteiger charge is 2.21. The van der Waals surface area contributed by atoms with E-state index in [9.17, 15) is 5.26 Å². The molecule has 0 spiro atoms. The molecule has 0 aliphatic rings. The summed E-state index contributed by atoms with van der Waals surface area (Å²) in [5, 5.41) is 9.61. The summed E-state index contributed by atoms with van der Waals surface area (Å²) in [4.78, 5) is 4.47. The molecule has 0 fully saturated rings. The van der Waals surface area contributed by atoms with Crippen LogP contribution in [0.1, 0.15) is 37.1 Å². The molecule has 0 aliphatic carbocycles. The van der Waals surface area contributed by atoms with Crippen molar-refractivity contribution in [2.45, 2.75) is 33.1 Å². The predicted octanol–water partition coefficient (Wildman–Crippen LogP) is 4.49. The largest absolute Gasteiger partial charge is 0.496 e. The van der Waals surface area contributed by atoms with Gasteiger partial charge < -0.3 is 10.5 Å². The minimum Gasteiger partial charge on any atom is -0.496 e. The Kier molecular flexibility index (Phi) is 5.62. The number of nitrogens with zero attached hydrogens (tertiary/aromatic N) is 2. The summed E-state index contributed by atoms with van der Waals surface area (Å²) < 4.78 is 6.42. The van der Waals surface area contributed by atoms with E-state index < -0.39 is 0 Å². The molecule has 0 amide bonds. The molecule has 0 unspecified atom stereocenters. The van der Waals surface area contributed by atoms with E-state index in [2.05, 4.69) is 40.8 Å². The zero-order valence-electron chi connectivity index (χ0n) is 13.6. The number of benzene rings is 1. The first-order valence-corrected chi connectivity index (χ1v) is 8.41. The first kappa shape index (κ1) is 17.3. The van der Waals surface area contributed by atoms with Gasteiger partial charge in [0.1, 0.15) is 23.2 Å². The van der Waals surface area contributed by atoms with Crippen molar-refractivity contribution in [3.05, 3.63) is 39.5 Å². The van der Waals surface area contributed by atoms with Crippen molar-refractivity contribution in [1.29, 1.82) is 5.26 Å². The number of aryl methyl sites for hydroxylation is 1. The van der Waals surface area contributed by atoms with Gasteiger partial charge >= 0.3 is 0 Å². The first-order chi connectivity index (χ1) is 11.1. The summed E-state index contributed by atoms with van der Waals surface area (Å²) in [5.74, 6) is 0.998. The molecular weight excluding hydrogens is 354 g/mol. The Labute approximate surface area is 145 Å². The van der Waals surface area contributed by atoms with Gasteiger partial charge in [-0.3, -0.25) is 0 Å². The molecule has 0 saturated carbocycles. The van der Waals surface area contributed by atoms with Crippen LogP contribution in [0.25, 0.3) is 11.1 Å². The fourth-order valence-corrected chi connectivity index (χ4v) is 3.16. The number of halogens is 1. The average Bonchev–Trinajstić information content (AvgIpc) is 2.54. The quantitative estimate of drug-likeness (QED) is 0.837. The highest BCUT2D eigenvalue weighted by atomic mass is 79.9. The maximum Gasteiger partial charge on any atom is 0.142 e. The fraction of sp³-hybridized carbons (Fsp3) is 0.333. The molecule has 1 heterocycles. The molecule has 23 heavy (non-hydrogen) atoms. The minimum absolute atomic E-state index is 0.283. The molecule has 1 aromatic heterocycles. The van der Waals surface area contributed by atoms with E-state index in [0.717, 1.165) is 46.1 Å². The Morgan fingerprint density at radius 1 is 1.35 bits per heavy atom. The van der Waals surface area contributed by atoms with Gasteiger partial charge in [0, 0.05) is 21.3 Å². The Morgan fingerprint density at radius 2 is 2.09 bits per heavy atom. The van der Waals surface area contributed by atoms with E-state index in [-0.39, 0.29) is 5.82 Å². The van der Waals surface area contributed by atoms with E-state index >= 15 is 0 Å². The lowest BCUT2D eigenvalue weighted by atomic mass is 9.91. The Bertz CT molecular complexity index is 766. The van der Waals surface area contributed by atoms with E-state index in [0.29, 0.717) is 11.3 Å². The van der Waals surface area contributed by atoms with Gasteiger partial charge in [-0.05, 0) is 36.6 Å². The summed E-state index contributed by atoms with van der Waals surface area (Å²) in [6.45, 7) is 4.18. The molecule has 1 aromatic carbocycles. The molecule has 0 atom stereocenters. The predicted molar refractivity (Wildman–Crippen MR) is 96.4 cm³/mol. The number of nitrogen functional groups attached to an aromatic ring is 1. The average molecular weight is 374 g/mol. The van der Waals surface area contributed by atoms with Gasteiger partial charge in [-0.15, -0.1) is 0 Å². The van der Waals surface area contributed by atoms with Crippen molar-refractivity contribution in [3.8, 4) is 22.9 Å². The van der Waals surface area contributed by atoms with Gasteiger partial charge in [-0.1, -0.05) is 36.2 Å². The van der Waals surface area contributed by atoms with Gasteiger partial charge in [-0.2, -0.15) is 5.26 Å². The normalized spacial score (nSPS) is 10.4. The van der Waals surface area contributed by atoms with Crippen LogP contribution < -0.4 is 10.5 Å². The molecule has 5 heteroatoms. The van der Waals surface area contributed by atoms with Crippen molar-refractivity contribution >= 4 is 21.7 Å². The number of anilines is 1. The Hall–Kier alpha value is -2.06. The molecule has 2 aromatic rings. The molecule has 120 valence electrons. The van der Waals surface area contributed by atoms with E-state index in [4.69, 9.17) is 10.5 Å². The van der Waals surface area contributed by atoms with Crippen LogP contribution in [-0.4, -0.2) is 12.1 Å². The zero-order valence-corrected chi connectivity index (χ0v) is 15.2. The smallest absolute Gasteiger partial charge is 0.142 e. The van der Waals surface area contributed by atoms with Crippen LogP contribution in [0.15, 0.2) is 22.7 Å². The van der Waals surface area contributed by atoms with Crippen LogP contribution >= 0.6 is 15.9 Å². The summed E-state index contributed by atoms with van der Waals surface area (Å²) in [7, 11) is 1.63. The van der Waals surface area contributed by atoms with Crippen LogP contribution in [0, 0.1) is 11.3 Å². The number of rotatable bonds is 5. The summed E-state index contributed by atoms with van der Waals surface area (Å²) in [6.07, 6.45) is 2.59. The van der Waals surface area contributed by atoms with Crippen molar-refractivity contribution in [2.75, 3.05) is 12.8 Å². The van der Waals surface area contributed by atoms with Crippen LogP contribution in [0.4, 0.5) is 5.82 Å². The molecule has 4 nitrogen and oxygen atoms in total. The van der Waals surface area contributed by atoms with Crippen LogP contribution in [0.5, 0.6) is 5.75 Å². The van der Waals surface area contributed by atoms with Crippen molar-refractivity contribution in [2.24, 2.45) is 0 Å². The SMILES string of the molecule is CCCc1nc(N)c(C#N)c(-c2cc(Br)ccc2OC)c1CC. The number of ether oxygens (including phenoxy) is 1. The van der Waals surface area contributed by atoms with Gasteiger partial charge in [0.15, 0.2) is 0 Å². The Morgan fingerprint density at radius 3 is 2.65 bits per heavy atom. The second-order valence-electron chi connectivity index (χ2n) is 5.23. The van der Waals surface area contributed by atoms with Crippen LogP contribution in [0.3, 0.4) is 0 Å². The van der Waals surface area contributed by atoms with E-state index in [1.165, 1.54) is 0 Å². The lowest BCUT2D eigenvalue weighted by Crippen LogP contribution is -2.08. The number of aromatic nitrogens is 1. The monoisotopic (exact) mass is 373 g/mol. The minimum atomic E-state index is 0.283. The second-order valence-corrected chi connectivity index (χ2v) is 6.15. The van der Waals surface area contributed by atoms with Gasteiger partial charge in [0.25, 0.3) is 0 Å². The number of methoxy groups -OCH3 is 1. The highest BCUT2D eigenvalue weighted by molar-refractivity contribution is 9.10. The van der Waals surface area contributed by atoms with Gasteiger partial charge in [0.2, 0.25) is 0 Å². The molecule has 2 N–H and O–H groups in total. The van der Waals surface area contributed by atoms with E-state index in [1.807, 2.05) is 18.2 Å². The number of nitrogens with two attached hydrogens (primary N) is 1. The van der Waals surface area contributed by atoms with Crippen molar-refractivity contribution in [1.82, 2.24) is 4.98 Å². The topological polar surface area (TPSA) is 71.9 Å². The molecular formula is C18H20BrN3O. The summed E-state index contributed by atoms with van der Waals surface area (Å²) in [5.41, 5.74) is 10.2.